The highest BCUT2D eigenvalue weighted by molar-refractivity contribution is 5.85. The van der Waals surface area contributed by atoms with Gasteiger partial charge < -0.3 is 9.84 Å². The minimum Gasteiger partial charge on any atom is -0.504 e. The molecule has 1 aromatic heterocycles. The number of ether oxygens (including phenoxy) is 1. The molecule has 0 fully saturated rings. The van der Waals surface area contributed by atoms with E-state index >= 15 is 0 Å². The molecule has 1 heterocycles. The number of phenolic OH excluding ortho intramolecular Hbond substituents is 1. The number of hydrogen-bond acceptors (Lipinski definition) is 4. The van der Waals surface area contributed by atoms with Gasteiger partial charge in [0.15, 0.2) is 17.8 Å². The minimum atomic E-state index is -0.142. The number of benzene rings is 2. The summed E-state index contributed by atoms with van der Waals surface area (Å²) < 4.78 is 5.09. The Morgan fingerprint density at radius 3 is 2.70 bits per heavy atom. The van der Waals surface area contributed by atoms with Crippen LogP contribution >= 0.6 is 0 Å². The van der Waals surface area contributed by atoms with Crippen molar-refractivity contribution in [3.8, 4) is 11.5 Å². The lowest BCUT2D eigenvalue weighted by Crippen LogP contribution is -1.90. The minimum absolute atomic E-state index is 0.142. The zero-order valence-corrected chi connectivity index (χ0v) is 12.6. The molecule has 1 N–H and O–H groups in total. The molecule has 0 aliphatic carbocycles. The first-order chi connectivity index (χ1) is 11.2. The van der Waals surface area contributed by atoms with E-state index in [0.29, 0.717) is 6.29 Å². The molecule has 114 valence electrons. The Labute approximate surface area is 133 Å². The van der Waals surface area contributed by atoms with E-state index in [9.17, 15) is 9.90 Å². The summed E-state index contributed by atoms with van der Waals surface area (Å²) in [7, 11) is 1.45. The van der Waals surface area contributed by atoms with E-state index in [-0.39, 0.29) is 17.1 Å². The number of aromatic nitrogens is 1. The summed E-state index contributed by atoms with van der Waals surface area (Å²) in [5.41, 5.74) is 2.93. The van der Waals surface area contributed by atoms with Crippen molar-refractivity contribution in [3.63, 3.8) is 0 Å². The number of carbonyl (C=O) groups is 1. The first-order valence-corrected chi connectivity index (χ1v) is 7.10. The van der Waals surface area contributed by atoms with E-state index in [2.05, 4.69) is 4.98 Å². The Kier molecular flexibility index (Phi) is 4.06. The molecule has 0 aliphatic rings. The summed E-state index contributed by atoms with van der Waals surface area (Å²) in [4.78, 5) is 15.3. The number of aldehydes is 1. The molecule has 0 amide bonds. The molecule has 3 rings (SSSR count). The summed E-state index contributed by atoms with van der Waals surface area (Å²) >= 11 is 0. The molecule has 0 spiro atoms. The van der Waals surface area contributed by atoms with Crippen LogP contribution in [0, 0.1) is 0 Å². The molecule has 4 nitrogen and oxygen atoms in total. The molecule has 0 atom stereocenters. The van der Waals surface area contributed by atoms with Crippen LogP contribution in [-0.4, -0.2) is 23.5 Å². The highest BCUT2D eigenvalue weighted by Gasteiger charge is 2.08. The van der Waals surface area contributed by atoms with Crippen molar-refractivity contribution in [3.05, 3.63) is 65.4 Å². The standard InChI is InChI=1S/C19H15NO3/c1-23-18-11-14(10-16(12-21)19(18)22)5-4-13-6-7-17-15(9-13)3-2-8-20-17/h2-12,22H,1H3. The van der Waals surface area contributed by atoms with Crippen molar-refractivity contribution in [2.24, 2.45) is 0 Å². The van der Waals surface area contributed by atoms with Crippen LogP contribution in [0.25, 0.3) is 23.1 Å². The summed E-state index contributed by atoms with van der Waals surface area (Å²) in [5, 5.41) is 10.9. The molecule has 0 radical (unpaired) electrons. The van der Waals surface area contributed by atoms with Crippen LogP contribution in [0.4, 0.5) is 0 Å². The van der Waals surface area contributed by atoms with Crippen LogP contribution in [0.3, 0.4) is 0 Å². The van der Waals surface area contributed by atoms with Crippen molar-refractivity contribution < 1.29 is 14.6 Å². The average molecular weight is 305 g/mol. The van der Waals surface area contributed by atoms with Crippen molar-refractivity contribution in [2.45, 2.75) is 0 Å². The van der Waals surface area contributed by atoms with Gasteiger partial charge in [-0.15, -0.1) is 0 Å². The van der Waals surface area contributed by atoms with Gasteiger partial charge in [0.1, 0.15) is 0 Å². The van der Waals surface area contributed by atoms with Gasteiger partial charge in [0.2, 0.25) is 0 Å². The van der Waals surface area contributed by atoms with E-state index in [0.717, 1.165) is 22.0 Å². The first-order valence-electron chi connectivity index (χ1n) is 7.10. The topological polar surface area (TPSA) is 59.4 Å². The van der Waals surface area contributed by atoms with E-state index in [1.54, 1.807) is 18.3 Å². The summed E-state index contributed by atoms with van der Waals surface area (Å²) in [6.07, 6.45) is 6.18. The molecule has 0 unspecified atom stereocenters. The lowest BCUT2D eigenvalue weighted by atomic mass is 10.1. The predicted octanol–water partition coefficient (Wildman–Crippen LogP) is 3.93. The number of methoxy groups -OCH3 is 1. The van der Waals surface area contributed by atoms with Gasteiger partial charge >= 0.3 is 0 Å². The third-order valence-corrected chi connectivity index (χ3v) is 3.57. The van der Waals surface area contributed by atoms with E-state index in [4.69, 9.17) is 4.74 Å². The zero-order valence-electron chi connectivity index (χ0n) is 12.6. The number of carbonyl (C=O) groups excluding carboxylic acids is 1. The fourth-order valence-corrected chi connectivity index (χ4v) is 2.38. The monoisotopic (exact) mass is 305 g/mol. The summed E-state index contributed by atoms with van der Waals surface area (Å²) in [6, 6.07) is 13.2. The SMILES string of the molecule is COc1cc(C=Cc2ccc3ncccc3c2)cc(C=O)c1O. The van der Waals surface area contributed by atoms with Gasteiger partial charge in [-0.3, -0.25) is 9.78 Å². The highest BCUT2D eigenvalue weighted by Crippen LogP contribution is 2.31. The van der Waals surface area contributed by atoms with Crippen LogP contribution in [0.2, 0.25) is 0 Å². The molecule has 23 heavy (non-hydrogen) atoms. The van der Waals surface area contributed by atoms with Gasteiger partial charge in [0.25, 0.3) is 0 Å². The van der Waals surface area contributed by atoms with Crippen molar-refractivity contribution >= 4 is 29.3 Å². The predicted molar refractivity (Wildman–Crippen MR) is 90.7 cm³/mol. The maximum atomic E-state index is 11.0. The van der Waals surface area contributed by atoms with Gasteiger partial charge in [0, 0.05) is 11.6 Å². The van der Waals surface area contributed by atoms with Crippen molar-refractivity contribution in [1.82, 2.24) is 4.98 Å². The molecular weight excluding hydrogens is 290 g/mol. The third-order valence-electron chi connectivity index (χ3n) is 3.57. The largest absolute Gasteiger partial charge is 0.504 e. The first kappa shape index (κ1) is 14.8. The number of hydrogen-bond donors (Lipinski definition) is 1. The molecular formula is C19H15NO3. The molecule has 0 saturated carbocycles. The second kappa shape index (κ2) is 6.32. The zero-order chi connectivity index (χ0) is 16.2. The second-order valence-electron chi connectivity index (χ2n) is 5.07. The Balaban J connectivity index is 1.96. The lowest BCUT2D eigenvalue weighted by molar-refractivity contribution is 0.112. The van der Waals surface area contributed by atoms with Gasteiger partial charge in [-0.25, -0.2) is 0 Å². The lowest BCUT2D eigenvalue weighted by Gasteiger charge is -2.07. The van der Waals surface area contributed by atoms with Gasteiger partial charge in [-0.2, -0.15) is 0 Å². The summed E-state index contributed by atoms with van der Waals surface area (Å²) in [5.74, 6) is 0.133. The van der Waals surface area contributed by atoms with Crippen LogP contribution < -0.4 is 4.74 Å². The Morgan fingerprint density at radius 1 is 1.09 bits per heavy atom. The van der Waals surface area contributed by atoms with Crippen molar-refractivity contribution in [2.75, 3.05) is 7.11 Å². The number of rotatable bonds is 4. The number of phenols is 1. The Morgan fingerprint density at radius 2 is 1.91 bits per heavy atom. The van der Waals surface area contributed by atoms with Crippen molar-refractivity contribution in [1.29, 1.82) is 0 Å². The number of nitrogens with zero attached hydrogens (tertiary/aromatic N) is 1. The van der Waals surface area contributed by atoms with Crippen LogP contribution in [0.15, 0.2) is 48.7 Å². The molecule has 2 aromatic carbocycles. The normalized spacial score (nSPS) is 11.0. The highest BCUT2D eigenvalue weighted by atomic mass is 16.5. The maximum Gasteiger partial charge on any atom is 0.168 e. The average Bonchev–Trinajstić information content (AvgIpc) is 2.60. The summed E-state index contributed by atoms with van der Waals surface area (Å²) in [6.45, 7) is 0. The van der Waals surface area contributed by atoms with E-state index < -0.39 is 0 Å². The van der Waals surface area contributed by atoms with Gasteiger partial charge in [-0.05, 0) is 41.5 Å². The van der Waals surface area contributed by atoms with Gasteiger partial charge in [0.05, 0.1) is 18.2 Å². The maximum absolute atomic E-state index is 11.0. The molecule has 0 aliphatic heterocycles. The van der Waals surface area contributed by atoms with Crippen LogP contribution in [0.5, 0.6) is 11.5 Å². The number of aromatic hydroxyl groups is 1. The molecule has 3 aromatic rings. The number of pyridine rings is 1. The Hall–Kier alpha value is -3.14. The second-order valence-corrected chi connectivity index (χ2v) is 5.07. The van der Waals surface area contributed by atoms with E-state index in [1.807, 2.05) is 42.5 Å². The fraction of sp³-hybridized carbons (Fsp3) is 0.0526. The van der Waals surface area contributed by atoms with Gasteiger partial charge in [-0.1, -0.05) is 24.3 Å². The smallest absolute Gasteiger partial charge is 0.168 e. The quantitative estimate of drug-likeness (QED) is 0.586. The van der Waals surface area contributed by atoms with Crippen LogP contribution in [-0.2, 0) is 0 Å². The van der Waals surface area contributed by atoms with Crippen LogP contribution in [0.1, 0.15) is 21.5 Å². The molecule has 0 bridgehead atoms. The van der Waals surface area contributed by atoms with E-state index in [1.165, 1.54) is 7.11 Å². The molecule has 4 heteroatoms. The Bertz CT molecular complexity index is 900. The fourth-order valence-electron chi connectivity index (χ4n) is 2.38. The third kappa shape index (κ3) is 3.06. The number of fused-ring (bicyclic) bond motifs is 1. The molecule has 0 saturated heterocycles.